The molecule has 0 heterocycles. The molecule has 19 heavy (non-hydrogen) atoms. The standard InChI is InChI=1S/C12H18Br2N2O2S/c1-3-4-15-5-6-16-19(17,18)12-8-10(13)9(2)7-11(12)14/h7-8,15-16H,3-6H2,1-2H3. The summed E-state index contributed by atoms with van der Waals surface area (Å²) in [4.78, 5) is 0.250. The lowest BCUT2D eigenvalue weighted by Crippen LogP contribution is -2.32. The first kappa shape index (κ1) is 17.1. The molecule has 2 N–H and O–H groups in total. The largest absolute Gasteiger partial charge is 0.315 e. The first-order chi connectivity index (χ1) is 8.88. The Labute approximate surface area is 131 Å². The second-order valence-corrected chi connectivity index (χ2v) is 7.62. The first-order valence-electron chi connectivity index (χ1n) is 6.04. The van der Waals surface area contributed by atoms with Crippen LogP contribution < -0.4 is 10.0 Å². The van der Waals surface area contributed by atoms with E-state index in [0.717, 1.165) is 23.0 Å². The molecule has 0 aliphatic rings. The van der Waals surface area contributed by atoms with Gasteiger partial charge in [0, 0.05) is 22.0 Å². The second-order valence-electron chi connectivity index (χ2n) is 4.18. The van der Waals surface area contributed by atoms with Crippen molar-refractivity contribution in [2.45, 2.75) is 25.2 Å². The van der Waals surface area contributed by atoms with Crippen molar-refractivity contribution in [3.8, 4) is 0 Å². The van der Waals surface area contributed by atoms with Gasteiger partial charge in [-0.3, -0.25) is 0 Å². The van der Waals surface area contributed by atoms with Crippen LogP contribution in [0.2, 0.25) is 0 Å². The van der Waals surface area contributed by atoms with Gasteiger partial charge in [0.25, 0.3) is 0 Å². The van der Waals surface area contributed by atoms with E-state index in [1.807, 2.05) is 6.92 Å². The van der Waals surface area contributed by atoms with Crippen molar-refractivity contribution >= 4 is 41.9 Å². The highest BCUT2D eigenvalue weighted by molar-refractivity contribution is 9.11. The van der Waals surface area contributed by atoms with Gasteiger partial charge in [-0.2, -0.15) is 0 Å². The minimum absolute atomic E-state index is 0.250. The third kappa shape index (κ3) is 5.15. The quantitative estimate of drug-likeness (QED) is 0.675. The SMILES string of the molecule is CCCNCCNS(=O)(=O)c1cc(Br)c(C)cc1Br. The third-order valence-electron chi connectivity index (χ3n) is 2.52. The van der Waals surface area contributed by atoms with Crippen molar-refractivity contribution < 1.29 is 8.42 Å². The molecular weight excluding hydrogens is 396 g/mol. The molecule has 7 heteroatoms. The molecule has 0 aliphatic heterocycles. The number of aryl methyl sites for hydroxylation is 1. The van der Waals surface area contributed by atoms with Crippen LogP contribution in [0, 0.1) is 6.92 Å². The summed E-state index contributed by atoms with van der Waals surface area (Å²) in [5.41, 5.74) is 0.982. The molecule has 4 nitrogen and oxygen atoms in total. The van der Waals surface area contributed by atoms with E-state index >= 15 is 0 Å². The Morgan fingerprint density at radius 1 is 1.11 bits per heavy atom. The molecule has 1 rings (SSSR count). The van der Waals surface area contributed by atoms with Crippen molar-refractivity contribution in [1.29, 1.82) is 0 Å². The Balaban J connectivity index is 2.75. The van der Waals surface area contributed by atoms with Gasteiger partial charge >= 0.3 is 0 Å². The zero-order valence-electron chi connectivity index (χ0n) is 11.0. The van der Waals surface area contributed by atoms with Crippen LogP contribution in [0.5, 0.6) is 0 Å². The fourth-order valence-electron chi connectivity index (χ4n) is 1.49. The molecule has 0 saturated carbocycles. The molecule has 0 aliphatic carbocycles. The number of benzene rings is 1. The Morgan fingerprint density at radius 2 is 1.79 bits per heavy atom. The van der Waals surface area contributed by atoms with Crippen molar-refractivity contribution in [3.63, 3.8) is 0 Å². The molecular formula is C12H18Br2N2O2S. The van der Waals surface area contributed by atoms with E-state index in [-0.39, 0.29) is 4.90 Å². The van der Waals surface area contributed by atoms with Gasteiger partial charge in [-0.05, 0) is 53.5 Å². The van der Waals surface area contributed by atoms with Crippen LogP contribution in [0.1, 0.15) is 18.9 Å². The first-order valence-corrected chi connectivity index (χ1v) is 9.11. The van der Waals surface area contributed by atoms with Gasteiger partial charge in [0.2, 0.25) is 10.0 Å². The maximum absolute atomic E-state index is 12.2. The lowest BCUT2D eigenvalue weighted by molar-refractivity contribution is 0.575. The molecule has 0 amide bonds. The van der Waals surface area contributed by atoms with Gasteiger partial charge in [0.15, 0.2) is 0 Å². The molecule has 0 radical (unpaired) electrons. The van der Waals surface area contributed by atoms with Gasteiger partial charge < -0.3 is 5.32 Å². The lowest BCUT2D eigenvalue weighted by Gasteiger charge is -2.10. The van der Waals surface area contributed by atoms with Gasteiger partial charge in [-0.25, -0.2) is 13.1 Å². The van der Waals surface area contributed by atoms with E-state index in [9.17, 15) is 8.42 Å². The second kappa shape index (κ2) is 7.73. The van der Waals surface area contributed by atoms with Crippen LogP contribution in [0.25, 0.3) is 0 Å². The van der Waals surface area contributed by atoms with E-state index in [1.54, 1.807) is 12.1 Å². The summed E-state index contributed by atoms with van der Waals surface area (Å²) in [5, 5.41) is 3.15. The van der Waals surface area contributed by atoms with Crippen molar-refractivity contribution in [2.24, 2.45) is 0 Å². The molecule has 0 unspecified atom stereocenters. The third-order valence-corrected chi connectivity index (χ3v) is 5.80. The zero-order chi connectivity index (χ0) is 14.5. The fraction of sp³-hybridized carbons (Fsp3) is 0.500. The summed E-state index contributed by atoms with van der Waals surface area (Å²) < 4.78 is 28.2. The number of nitrogens with one attached hydrogen (secondary N) is 2. The summed E-state index contributed by atoms with van der Waals surface area (Å²) in [5.74, 6) is 0. The predicted molar refractivity (Wildman–Crippen MR) is 84.9 cm³/mol. The van der Waals surface area contributed by atoms with Crippen LogP contribution >= 0.6 is 31.9 Å². The Bertz CT molecular complexity index is 533. The van der Waals surface area contributed by atoms with Crippen LogP contribution in [-0.4, -0.2) is 28.1 Å². The molecule has 108 valence electrons. The highest BCUT2D eigenvalue weighted by atomic mass is 79.9. The maximum Gasteiger partial charge on any atom is 0.241 e. The summed E-state index contributed by atoms with van der Waals surface area (Å²) in [7, 11) is -3.48. The number of sulfonamides is 1. The smallest absolute Gasteiger partial charge is 0.241 e. The molecule has 0 spiro atoms. The average Bonchev–Trinajstić information content (AvgIpc) is 2.33. The lowest BCUT2D eigenvalue weighted by atomic mass is 10.2. The summed E-state index contributed by atoms with van der Waals surface area (Å²) in [6, 6.07) is 3.40. The Morgan fingerprint density at radius 3 is 2.42 bits per heavy atom. The fourth-order valence-corrected chi connectivity index (χ4v) is 4.19. The number of hydrogen-bond acceptors (Lipinski definition) is 3. The van der Waals surface area contributed by atoms with Crippen molar-refractivity contribution in [1.82, 2.24) is 10.0 Å². The summed E-state index contributed by atoms with van der Waals surface area (Å²) in [6.07, 6.45) is 1.03. The number of hydrogen-bond donors (Lipinski definition) is 2. The highest BCUT2D eigenvalue weighted by Crippen LogP contribution is 2.28. The van der Waals surface area contributed by atoms with Crippen LogP contribution in [0.3, 0.4) is 0 Å². The molecule has 0 aromatic heterocycles. The van der Waals surface area contributed by atoms with Crippen molar-refractivity contribution in [3.05, 3.63) is 26.6 Å². The molecule has 1 aromatic carbocycles. The average molecular weight is 414 g/mol. The zero-order valence-corrected chi connectivity index (χ0v) is 15.0. The Kier molecular flexibility index (Phi) is 6.96. The highest BCUT2D eigenvalue weighted by Gasteiger charge is 2.18. The van der Waals surface area contributed by atoms with Crippen LogP contribution in [-0.2, 0) is 10.0 Å². The summed E-state index contributed by atoms with van der Waals surface area (Å²) in [6.45, 7) is 5.87. The topological polar surface area (TPSA) is 58.2 Å². The van der Waals surface area contributed by atoms with E-state index in [2.05, 4.69) is 48.8 Å². The number of rotatable bonds is 7. The van der Waals surface area contributed by atoms with E-state index in [4.69, 9.17) is 0 Å². The predicted octanol–water partition coefficient (Wildman–Crippen LogP) is 2.80. The molecule has 0 atom stereocenters. The minimum atomic E-state index is -3.48. The van der Waals surface area contributed by atoms with Gasteiger partial charge in [-0.15, -0.1) is 0 Å². The van der Waals surface area contributed by atoms with Gasteiger partial charge in [-0.1, -0.05) is 22.9 Å². The monoisotopic (exact) mass is 412 g/mol. The molecule has 1 aromatic rings. The van der Waals surface area contributed by atoms with Crippen LogP contribution in [0.15, 0.2) is 26.0 Å². The van der Waals surface area contributed by atoms with Crippen LogP contribution in [0.4, 0.5) is 0 Å². The van der Waals surface area contributed by atoms with E-state index < -0.39 is 10.0 Å². The Hall–Kier alpha value is 0.0500. The molecule has 0 saturated heterocycles. The van der Waals surface area contributed by atoms with Gasteiger partial charge in [0.1, 0.15) is 0 Å². The maximum atomic E-state index is 12.2. The minimum Gasteiger partial charge on any atom is -0.315 e. The molecule has 0 fully saturated rings. The molecule has 0 bridgehead atoms. The van der Waals surface area contributed by atoms with Crippen molar-refractivity contribution in [2.75, 3.05) is 19.6 Å². The summed E-state index contributed by atoms with van der Waals surface area (Å²) >= 11 is 6.64. The van der Waals surface area contributed by atoms with E-state index in [1.165, 1.54) is 0 Å². The number of halogens is 2. The van der Waals surface area contributed by atoms with Gasteiger partial charge in [0.05, 0.1) is 4.90 Å². The van der Waals surface area contributed by atoms with E-state index in [0.29, 0.717) is 17.6 Å². The normalized spacial score (nSPS) is 11.8.